The molecular weight excluding hydrogens is 300 g/mol. The van der Waals surface area contributed by atoms with Gasteiger partial charge in [-0.05, 0) is 13.8 Å². The van der Waals surface area contributed by atoms with E-state index in [1.54, 1.807) is 20.9 Å². The van der Waals surface area contributed by atoms with Crippen molar-refractivity contribution < 1.29 is 36.6 Å². The fourth-order valence-corrected chi connectivity index (χ4v) is 1.56. The van der Waals surface area contributed by atoms with E-state index in [4.69, 9.17) is 4.74 Å². The number of hydrogen-bond acceptors (Lipinski definition) is 5. The molecule has 0 unspecified atom stereocenters. The summed E-state index contributed by atoms with van der Waals surface area (Å²) in [6, 6.07) is -0.429. The Labute approximate surface area is 129 Å². The van der Waals surface area contributed by atoms with Gasteiger partial charge in [-0.25, -0.2) is 9.69 Å². The molecule has 21 heavy (non-hydrogen) atoms. The zero-order valence-corrected chi connectivity index (χ0v) is 13.2. The number of imide groups is 1. The lowest BCUT2D eigenvalue weighted by molar-refractivity contribution is -0.468. The number of nitrogens with one attached hydrogen (secondary N) is 1. The topological polar surface area (TPSA) is 93.2 Å². The number of rotatable bonds is 4. The Hall–Kier alpha value is -1.96. The summed E-state index contributed by atoms with van der Waals surface area (Å²) in [5, 5.41) is 6.63. The van der Waals surface area contributed by atoms with Crippen LogP contribution in [0.5, 0.6) is 0 Å². The molecule has 1 N–H and O–H groups in total. The third-order valence-electron chi connectivity index (χ3n) is 2.75. The molecule has 0 aromatic carbocycles. The first kappa shape index (κ1) is 19.0. The molecule has 0 radical (unpaired) electrons. The lowest BCUT2D eigenvalue weighted by Crippen LogP contribution is -3.00. The number of esters is 1. The van der Waals surface area contributed by atoms with Gasteiger partial charge in [-0.2, -0.15) is 10.0 Å². The van der Waals surface area contributed by atoms with Crippen LogP contribution in [0.3, 0.4) is 0 Å². The number of amidine groups is 1. The van der Waals surface area contributed by atoms with Crippen LogP contribution in [0.4, 0.5) is 4.79 Å². The second-order valence-corrected chi connectivity index (χ2v) is 4.36. The highest BCUT2D eigenvalue weighted by molar-refractivity contribution is 6.13. The van der Waals surface area contributed by atoms with Gasteiger partial charge in [0.1, 0.15) is 6.42 Å². The van der Waals surface area contributed by atoms with Gasteiger partial charge < -0.3 is 17.1 Å². The molecule has 1 aliphatic rings. The molecule has 0 aliphatic carbocycles. The first-order valence-electron chi connectivity index (χ1n) is 6.21. The van der Waals surface area contributed by atoms with Crippen LogP contribution in [-0.4, -0.2) is 60.0 Å². The van der Waals surface area contributed by atoms with Gasteiger partial charge in [-0.1, -0.05) is 5.10 Å². The molecule has 0 spiro atoms. The van der Waals surface area contributed by atoms with Crippen LogP contribution in [0, 0.1) is 0 Å². The van der Waals surface area contributed by atoms with Crippen LogP contribution in [0.25, 0.3) is 0 Å². The van der Waals surface area contributed by atoms with Crippen LogP contribution >= 0.6 is 0 Å². The van der Waals surface area contributed by atoms with Crippen LogP contribution < -0.4 is 17.5 Å². The molecule has 3 amide bonds. The highest BCUT2D eigenvalue weighted by atomic mass is 35.5. The normalized spacial score (nSPS) is 17.9. The van der Waals surface area contributed by atoms with E-state index in [1.807, 2.05) is 0 Å². The fourth-order valence-electron chi connectivity index (χ4n) is 1.56. The minimum Gasteiger partial charge on any atom is -1.00 e. The minimum absolute atomic E-state index is 0. The third kappa shape index (κ3) is 5.14. The van der Waals surface area contributed by atoms with Crippen LogP contribution in [0.1, 0.15) is 26.7 Å². The Balaban J connectivity index is 0.00000400. The SMILES string of the molecule is CCOC(=O)C/C(C)=N/[NH+]=C1\CC(=O)N(C)C(=O)N1C.[Cl-]. The number of halogens is 1. The monoisotopic (exact) mass is 318 g/mol. The van der Waals surface area contributed by atoms with Crippen molar-refractivity contribution in [2.75, 3.05) is 20.7 Å². The zero-order valence-electron chi connectivity index (χ0n) is 12.5. The summed E-state index contributed by atoms with van der Waals surface area (Å²) in [6.07, 6.45) is 0.106. The maximum Gasteiger partial charge on any atom is 0.417 e. The summed E-state index contributed by atoms with van der Waals surface area (Å²) >= 11 is 0. The molecule has 1 heterocycles. The summed E-state index contributed by atoms with van der Waals surface area (Å²) in [5.41, 5.74) is 0.503. The number of nitrogens with zero attached hydrogens (tertiary/aromatic N) is 3. The van der Waals surface area contributed by atoms with Crippen molar-refractivity contribution in [3.8, 4) is 0 Å². The summed E-state index contributed by atoms with van der Waals surface area (Å²) in [7, 11) is 2.97. The van der Waals surface area contributed by atoms with E-state index in [2.05, 4.69) is 10.2 Å². The van der Waals surface area contributed by atoms with Crippen LogP contribution in [0.15, 0.2) is 5.10 Å². The van der Waals surface area contributed by atoms with Gasteiger partial charge in [0.15, 0.2) is 0 Å². The number of urea groups is 1. The first-order valence-corrected chi connectivity index (χ1v) is 6.21. The summed E-state index contributed by atoms with van der Waals surface area (Å²) in [5.74, 6) is -0.306. The molecule has 1 saturated heterocycles. The summed E-state index contributed by atoms with van der Waals surface area (Å²) < 4.78 is 4.79. The van der Waals surface area contributed by atoms with Gasteiger partial charge in [-0.3, -0.25) is 9.59 Å². The molecule has 0 atom stereocenters. The zero-order chi connectivity index (χ0) is 15.3. The van der Waals surface area contributed by atoms with Crippen LogP contribution in [-0.2, 0) is 14.3 Å². The molecule has 118 valence electrons. The average molecular weight is 319 g/mol. The number of ether oxygens (including phenoxy) is 1. The lowest BCUT2D eigenvalue weighted by atomic mass is 10.3. The van der Waals surface area contributed by atoms with E-state index >= 15 is 0 Å². The lowest BCUT2D eigenvalue weighted by Gasteiger charge is -2.23. The van der Waals surface area contributed by atoms with Gasteiger partial charge in [0.25, 0.3) is 5.84 Å². The highest BCUT2D eigenvalue weighted by Gasteiger charge is 2.38. The molecule has 0 saturated carbocycles. The average Bonchev–Trinajstić information content (AvgIpc) is 2.39. The first-order chi connectivity index (χ1) is 9.36. The van der Waals surface area contributed by atoms with Crippen LogP contribution in [0.2, 0.25) is 0 Å². The van der Waals surface area contributed by atoms with E-state index in [-0.39, 0.29) is 37.1 Å². The van der Waals surface area contributed by atoms with Gasteiger partial charge in [0.05, 0.1) is 25.8 Å². The number of carbonyl (C=O) groups excluding carboxylic acids is 3. The van der Waals surface area contributed by atoms with E-state index in [1.165, 1.54) is 11.9 Å². The standard InChI is InChI=1S/C12H18N4O4.ClH/c1-5-20-11(18)6-8(2)13-14-9-7-10(17)16(4)12(19)15(9)3;/h5-7H2,1-4H3;1H/b13-8+,14-9+;. The van der Waals surface area contributed by atoms with Gasteiger partial charge in [0, 0.05) is 7.05 Å². The fraction of sp³-hybridized carbons (Fsp3) is 0.583. The number of carbonyl (C=O) groups is 3. The number of hydrogen-bond donors (Lipinski definition) is 1. The molecule has 8 nitrogen and oxygen atoms in total. The summed E-state index contributed by atoms with van der Waals surface area (Å²) in [6.45, 7) is 3.70. The number of amides is 3. The third-order valence-corrected chi connectivity index (χ3v) is 2.75. The highest BCUT2D eigenvalue weighted by Crippen LogP contribution is 2.05. The Morgan fingerprint density at radius 1 is 1.33 bits per heavy atom. The van der Waals surface area contributed by atoms with E-state index in [0.29, 0.717) is 18.2 Å². The molecule has 1 rings (SSSR count). The van der Waals surface area contributed by atoms with E-state index < -0.39 is 6.03 Å². The predicted molar refractivity (Wildman–Crippen MR) is 70.9 cm³/mol. The van der Waals surface area contributed by atoms with E-state index in [9.17, 15) is 14.4 Å². The van der Waals surface area contributed by atoms with Crippen molar-refractivity contribution in [1.29, 1.82) is 0 Å². The van der Waals surface area contributed by atoms with Gasteiger partial charge >= 0.3 is 12.0 Å². The molecule has 0 aromatic heterocycles. The van der Waals surface area contributed by atoms with Crippen molar-refractivity contribution >= 4 is 29.5 Å². The Bertz CT molecular complexity index is 490. The van der Waals surface area contributed by atoms with Crippen molar-refractivity contribution in [2.24, 2.45) is 5.10 Å². The second-order valence-electron chi connectivity index (χ2n) is 4.36. The maximum absolute atomic E-state index is 11.7. The van der Waals surface area contributed by atoms with Gasteiger partial charge in [-0.15, -0.1) is 0 Å². The van der Waals surface area contributed by atoms with Crippen molar-refractivity contribution in [3.05, 3.63) is 0 Å². The molecule has 0 bridgehead atoms. The largest absolute Gasteiger partial charge is 1.00 e. The Morgan fingerprint density at radius 3 is 2.52 bits per heavy atom. The van der Waals surface area contributed by atoms with E-state index in [0.717, 1.165) is 4.90 Å². The molecule has 0 aromatic rings. The van der Waals surface area contributed by atoms with Crippen molar-refractivity contribution in [2.45, 2.75) is 26.7 Å². The second kappa shape index (κ2) is 8.35. The molecular formula is C12H19ClN4O4. The molecule has 1 aliphatic heterocycles. The quantitative estimate of drug-likeness (QED) is 0.322. The Morgan fingerprint density at radius 2 is 1.95 bits per heavy atom. The van der Waals surface area contributed by atoms with Gasteiger partial charge in [0.2, 0.25) is 5.91 Å². The number of hydrazone groups is 1. The smallest absolute Gasteiger partial charge is 0.417 e. The molecule has 1 fully saturated rings. The minimum atomic E-state index is -0.429. The predicted octanol–water partition coefficient (Wildman–Crippen LogP) is -4.29. The Kier molecular flexibility index (Phi) is 7.57. The van der Waals surface area contributed by atoms with Crippen molar-refractivity contribution in [1.82, 2.24) is 9.80 Å². The van der Waals surface area contributed by atoms with Crippen molar-refractivity contribution in [3.63, 3.8) is 0 Å². The maximum atomic E-state index is 11.7. The summed E-state index contributed by atoms with van der Waals surface area (Å²) in [4.78, 5) is 36.9. The molecule has 9 heteroatoms.